The van der Waals surface area contributed by atoms with Crippen LogP contribution in [0.3, 0.4) is 0 Å². The van der Waals surface area contributed by atoms with E-state index >= 15 is 0 Å². The molecule has 1 atom stereocenters. The summed E-state index contributed by atoms with van der Waals surface area (Å²) < 4.78 is 6.16. The van der Waals surface area contributed by atoms with Crippen molar-refractivity contribution in [2.75, 3.05) is 19.0 Å². The highest BCUT2D eigenvalue weighted by molar-refractivity contribution is 9.10. The van der Waals surface area contributed by atoms with Crippen LogP contribution in [-0.4, -0.2) is 32.0 Å². The minimum atomic E-state index is -0.836. The summed E-state index contributed by atoms with van der Waals surface area (Å²) in [6.07, 6.45) is -0.836. The number of benzene rings is 2. The molecule has 0 aliphatic rings. The molecule has 2 rings (SSSR count). The third-order valence-corrected chi connectivity index (χ3v) is 3.93. The Labute approximate surface area is 144 Å². The van der Waals surface area contributed by atoms with Gasteiger partial charge in [0.25, 0.3) is 0 Å². The third-order valence-electron chi connectivity index (χ3n) is 3.40. The lowest BCUT2D eigenvalue weighted by Crippen LogP contribution is -2.24. The molecule has 0 radical (unpaired) electrons. The zero-order valence-corrected chi connectivity index (χ0v) is 14.8. The van der Waals surface area contributed by atoms with Gasteiger partial charge < -0.3 is 9.64 Å². The van der Waals surface area contributed by atoms with Crippen LogP contribution in [0.4, 0.5) is 5.69 Å². The molecule has 0 spiro atoms. The second-order valence-corrected chi connectivity index (χ2v) is 6.28. The van der Waals surface area contributed by atoms with E-state index in [-0.39, 0.29) is 5.78 Å². The lowest BCUT2D eigenvalue weighted by molar-refractivity contribution is 0.0319. The largest absolute Gasteiger partial charge is 0.451 e. The SMILES string of the molecule is C[C@H](OC(=O)c1ccc(N(C)C)cc1)C(=O)c1ccc(Br)cc1. The Hall–Kier alpha value is -2.14. The van der Waals surface area contributed by atoms with Gasteiger partial charge in [-0.1, -0.05) is 28.1 Å². The minimum absolute atomic E-state index is 0.226. The fourth-order valence-corrected chi connectivity index (χ4v) is 2.29. The van der Waals surface area contributed by atoms with Crippen LogP contribution >= 0.6 is 15.9 Å². The van der Waals surface area contributed by atoms with Crippen molar-refractivity contribution in [1.29, 1.82) is 0 Å². The average molecular weight is 376 g/mol. The first-order chi connectivity index (χ1) is 10.9. The number of ether oxygens (including phenoxy) is 1. The number of carbonyl (C=O) groups is 2. The first-order valence-electron chi connectivity index (χ1n) is 7.16. The van der Waals surface area contributed by atoms with Crippen molar-refractivity contribution in [3.05, 3.63) is 64.1 Å². The van der Waals surface area contributed by atoms with Crippen molar-refractivity contribution in [2.24, 2.45) is 0 Å². The fourth-order valence-electron chi connectivity index (χ4n) is 2.03. The van der Waals surface area contributed by atoms with E-state index in [9.17, 15) is 9.59 Å². The molecule has 23 heavy (non-hydrogen) atoms. The van der Waals surface area contributed by atoms with E-state index in [4.69, 9.17) is 4.74 Å². The lowest BCUT2D eigenvalue weighted by Gasteiger charge is -2.14. The second-order valence-electron chi connectivity index (χ2n) is 5.36. The molecule has 0 fully saturated rings. The van der Waals surface area contributed by atoms with Crippen LogP contribution < -0.4 is 4.90 Å². The zero-order valence-electron chi connectivity index (χ0n) is 13.2. The molecule has 0 N–H and O–H groups in total. The van der Waals surface area contributed by atoms with Crippen LogP contribution in [0.2, 0.25) is 0 Å². The van der Waals surface area contributed by atoms with Gasteiger partial charge in [0.15, 0.2) is 6.10 Å². The van der Waals surface area contributed by atoms with Crippen molar-refractivity contribution >= 4 is 33.4 Å². The molecule has 0 aromatic heterocycles. The number of esters is 1. The number of rotatable bonds is 5. The summed E-state index contributed by atoms with van der Waals surface area (Å²) in [5, 5.41) is 0. The van der Waals surface area contributed by atoms with Gasteiger partial charge in [-0.05, 0) is 43.3 Å². The van der Waals surface area contributed by atoms with E-state index < -0.39 is 12.1 Å². The van der Waals surface area contributed by atoms with Crippen molar-refractivity contribution < 1.29 is 14.3 Å². The Bertz CT molecular complexity index is 693. The molecule has 5 heteroatoms. The Morgan fingerprint density at radius 2 is 1.48 bits per heavy atom. The van der Waals surface area contributed by atoms with Crippen LogP contribution in [0.25, 0.3) is 0 Å². The number of nitrogens with zero attached hydrogens (tertiary/aromatic N) is 1. The highest BCUT2D eigenvalue weighted by Crippen LogP contribution is 2.16. The van der Waals surface area contributed by atoms with Gasteiger partial charge in [0.1, 0.15) is 0 Å². The van der Waals surface area contributed by atoms with Gasteiger partial charge in [-0.25, -0.2) is 4.79 Å². The predicted molar refractivity (Wildman–Crippen MR) is 94.1 cm³/mol. The standard InChI is InChI=1S/C18H18BrNO3/c1-12(17(21)13-4-8-15(19)9-5-13)23-18(22)14-6-10-16(11-7-14)20(2)3/h4-12H,1-3H3/t12-/m0/s1. The highest BCUT2D eigenvalue weighted by atomic mass is 79.9. The summed E-state index contributed by atoms with van der Waals surface area (Å²) in [6, 6.07) is 14.0. The van der Waals surface area contributed by atoms with Crippen molar-refractivity contribution in [2.45, 2.75) is 13.0 Å². The lowest BCUT2D eigenvalue weighted by atomic mass is 10.1. The molecule has 2 aromatic rings. The molecular weight excluding hydrogens is 358 g/mol. The molecular formula is C18H18BrNO3. The molecule has 120 valence electrons. The summed E-state index contributed by atoms with van der Waals surface area (Å²) >= 11 is 3.32. The zero-order chi connectivity index (χ0) is 17.0. The maximum absolute atomic E-state index is 12.3. The molecule has 0 bridgehead atoms. The van der Waals surface area contributed by atoms with Gasteiger partial charge >= 0.3 is 5.97 Å². The molecule has 0 amide bonds. The van der Waals surface area contributed by atoms with Gasteiger partial charge in [0, 0.05) is 29.8 Å². The average Bonchev–Trinajstić information content (AvgIpc) is 2.54. The Balaban J connectivity index is 2.04. The van der Waals surface area contributed by atoms with Crippen LogP contribution in [0.1, 0.15) is 27.6 Å². The van der Waals surface area contributed by atoms with E-state index in [1.165, 1.54) is 0 Å². The number of ketones is 1. The van der Waals surface area contributed by atoms with E-state index in [0.717, 1.165) is 10.2 Å². The smallest absolute Gasteiger partial charge is 0.338 e. The predicted octanol–water partition coefficient (Wildman–Crippen LogP) is 3.94. The van der Waals surface area contributed by atoms with Gasteiger partial charge in [-0.2, -0.15) is 0 Å². The number of anilines is 1. The quantitative estimate of drug-likeness (QED) is 0.586. The maximum atomic E-state index is 12.3. The van der Waals surface area contributed by atoms with Crippen LogP contribution in [0.5, 0.6) is 0 Å². The van der Waals surface area contributed by atoms with Gasteiger partial charge in [-0.15, -0.1) is 0 Å². The number of hydrogen-bond donors (Lipinski definition) is 0. The van der Waals surface area contributed by atoms with E-state index in [1.54, 1.807) is 43.3 Å². The normalized spacial score (nSPS) is 11.7. The van der Waals surface area contributed by atoms with E-state index in [1.807, 2.05) is 31.1 Å². The highest BCUT2D eigenvalue weighted by Gasteiger charge is 2.20. The van der Waals surface area contributed by atoms with Crippen LogP contribution in [0, 0.1) is 0 Å². The molecule has 0 aliphatic carbocycles. The monoisotopic (exact) mass is 375 g/mol. The molecule has 0 unspecified atom stereocenters. The van der Waals surface area contributed by atoms with Crippen LogP contribution in [0.15, 0.2) is 53.0 Å². The second kappa shape index (κ2) is 7.42. The number of halogens is 1. The molecule has 0 saturated heterocycles. The van der Waals surface area contributed by atoms with E-state index in [2.05, 4.69) is 15.9 Å². The number of carbonyl (C=O) groups excluding carboxylic acids is 2. The van der Waals surface area contributed by atoms with Gasteiger partial charge in [0.05, 0.1) is 5.56 Å². The number of Topliss-reactive ketones (excluding diaryl/α,β-unsaturated/α-hetero) is 1. The first kappa shape index (κ1) is 17.2. The van der Waals surface area contributed by atoms with Crippen LogP contribution in [-0.2, 0) is 4.74 Å². The molecule has 0 saturated carbocycles. The number of hydrogen-bond acceptors (Lipinski definition) is 4. The third kappa shape index (κ3) is 4.42. The molecule has 0 heterocycles. The summed E-state index contributed by atoms with van der Waals surface area (Å²) in [5.74, 6) is -0.732. The molecule has 0 aliphatic heterocycles. The molecule has 2 aromatic carbocycles. The fraction of sp³-hybridized carbons (Fsp3) is 0.222. The van der Waals surface area contributed by atoms with Crippen molar-refractivity contribution in [3.8, 4) is 0 Å². The van der Waals surface area contributed by atoms with Crippen molar-refractivity contribution in [1.82, 2.24) is 0 Å². The summed E-state index contributed by atoms with van der Waals surface area (Å²) in [4.78, 5) is 26.3. The Morgan fingerprint density at radius 3 is 2.00 bits per heavy atom. The Morgan fingerprint density at radius 1 is 0.957 bits per heavy atom. The van der Waals surface area contributed by atoms with Gasteiger partial charge in [0.2, 0.25) is 5.78 Å². The topological polar surface area (TPSA) is 46.6 Å². The first-order valence-corrected chi connectivity index (χ1v) is 7.96. The summed E-state index contributed by atoms with van der Waals surface area (Å²) in [5.41, 5.74) is 1.92. The maximum Gasteiger partial charge on any atom is 0.338 e. The summed E-state index contributed by atoms with van der Waals surface area (Å²) in [6.45, 7) is 1.58. The van der Waals surface area contributed by atoms with E-state index in [0.29, 0.717) is 11.1 Å². The Kier molecular flexibility index (Phi) is 5.55. The molecule has 4 nitrogen and oxygen atoms in total. The minimum Gasteiger partial charge on any atom is -0.451 e. The van der Waals surface area contributed by atoms with Gasteiger partial charge in [-0.3, -0.25) is 4.79 Å². The van der Waals surface area contributed by atoms with Crippen molar-refractivity contribution in [3.63, 3.8) is 0 Å². The summed E-state index contributed by atoms with van der Waals surface area (Å²) in [7, 11) is 3.85.